The van der Waals surface area contributed by atoms with Gasteiger partial charge in [0.25, 0.3) is 0 Å². The van der Waals surface area contributed by atoms with Crippen LogP contribution in [0.25, 0.3) is 0 Å². The van der Waals surface area contributed by atoms with E-state index in [0.29, 0.717) is 5.88 Å². The van der Waals surface area contributed by atoms with Gasteiger partial charge in [-0.25, -0.2) is 12.0 Å². The van der Waals surface area contributed by atoms with Gasteiger partial charge in [0, 0.05) is 12.9 Å². The van der Waals surface area contributed by atoms with Crippen molar-refractivity contribution >= 4 is 11.6 Å². The monoisotopic (exact) mass is 397 g/mol. The molecular formula is C6H10ClN3U. The van der Waals surface area contributed by atoms with Crippen LogP contribution in [0.2, 0.25) is 0 Å². The third-order valence-electron chi connectivity index (χ3n) is 1.15. The normalized spacial score (nSPS) is 8.18. The molecule has 1 heterocycles. The van der Waals surface area contributed by atoms with Gasteiger partial charge in [0.2, 0.25) is 0 Å². The molecule has 0 saturated heterocycles. The molecule has 3 nitrogen and oxygen atoms in total. The summed E-state index contributed by atoms with van der Waals surface area (Å²) >= 11 is 5.49. The van der Waals surface area contributed by atoms with Crippen LogP contribution in [0.3, 0.4) is 0 Å². The van der Waals surface area contributed by atoms with E-state index < -0.39 is 0 Å². The molecule has 0 radical (unpaired) electrons. The van der Waals surface area contributed by atoms with Crippen LogP contribution in [0.4, 0.5) is 0 Å². The summed E-state index contributed by atoms with van der Waals surface area (Å²) < 4.78 is 1.59. The Labute approximate surface area is 95.9 Å². The minimum Gasteiger partial charge on any atom is -0.358 e. The van der Waals surface area contributed by atoms with Gasteiger partial charge >= 0.3 is 31.1 Å². The Morgan fingerprint density at radius 2 is 2.18 bits per heavy atom. The van der Waals surface area contributed by atoms with Crippen LogP contribution in [-0.4, -0.2) is 15.0 Å². The minimum absolute atomic E-state index is 0. The van der Waals surface area contributed by atoms with Gasteiger partial charge in [-0.3, -0.25) is 4.68 Å². The Kier molecular flexibility index (Phi) is 7.50. The fourth-order valence-corrected chi connectivity index (χ4v) is 0.731. The predicted molar refractivity (Wildman–Crippen MR) is 41.4 cm³/mol. The SMILES string of the molecule is [CH2-]c1c(CCl)nnn1C.[CH3-].[U+2]. The van der Waals surface area contributed by atoms with E-state index in [1.54, 1.807) is 11.7 Å². The summed E-state index contributed by atoms with van der Waals surface area (Å²) in [6, 6.07) is 0. The maximum absolute atomic E-state index is 5.49. The number of halogens is 1. The molecule has 0 fully saturated rings. The summed E-state index contributed by atoms with van der Waals surface area (Å²) in [5.74, 6) is 0.382. The average Bonchev–Trinajstić information content (AvgIpc) is 2.15. The topological polar surface area (TPSA) is 30.7 Å². The van der Waals surface area contributed by atoms with Crippen molar-refractivity contribution in [3.05, 3.63) is 25.7 Å². The standard InChI is InChI=1S/C5H7ClN3.CH3.U/c1-4-5(3-6)7-8-9(4)2;;/h1,3H2,2H3;1H3;/q2*-1;+2. The van der Waals surface area contributed by atoms with Crippen molar-refractivity contribution in [3.8, 4) is 0 Å². The Morgan fingerprint density at radius 3 is 2.36 bits per heavy atom. The molecule has 0 aliphatic rings. The first-order valence-corrected chi connectivity index (χ1v) is 3.05. The Balaban J connectivity index is 0. The summed E-state index contributed by atoms with van der Waals surface area (Å²) in [5.41, 5.74) is 1.53. The molecule has 60 valence electrons. The van der Waals surface area contributed by atoms with Crippen LogP contribution in [0.15, 0.2) is 0 Å². The number of rotatable bonds is 1. The van der Waals surface area contributed by atoms with E-state index in [1.807, 2.05) is 0 Å². The van der Waals surface area contributed by atoms with E-state index in [4.69, 9.17) is 11.6 Å². The van der Waals surface area contributed by atoms with E-state index in [0.717, 1.165) is 11.4 Å². The molecule has 0 atom stereocenters. The maximum Gasteiger partial charge on any atom is 2.00 e. The summed E-state index contributed by atoms with van der Waals surface area (Å²) in [7, 11) is 1.78. The second kappa shape index (κ2) is 5.93. The minimum atomic E-state index is 0. The largest absolute Gasteiger partial charge is 2.00 e. The van der Waals surface area contributed by atoms with E-state index in [2.05, 4.69) is 17.2 Å². The Bertz CT molecular complexity index is 212. The second-order valence-electron chi connectivity index (χ2n) is 1.74. The summed E-state index contributed by atoms with van der Waals surface area (Å²) in [6.07, 6.45) is 0. The van der Waals surface area contributed by atoms with E-state index >= 15 is 0 Å². The molecule has 0 N–H and O–H groups in total. The first kappa shape index (κ1) is 13.9. The van der Waals surface area contributed by atoms with Gasteiger partial charge in [0.15, 0.2) is 0 Å². The van der Waals surface area contributed by atoms with Gasteiger partial charge in [-0.05, 0) is 5.69 Å². The van der Waals surface area contributed by atoms with Crippen molar-refractivity contribution in [2.24, 2.45) is 7.05 Å². The zero-order valence-corrected chi connectivity index (χ0v) is 11.6. The van der Waals surface area contributed by atoms with Crippen LogP contribution in [0.5, 0.6) is 0 Å². The summed E-state index contributed by atoms with van der Waals surface area (Å²) in [4.78, 5) is 0. The molecular weight excluding hydrogens is 388 g/mol. The summed E-state index contributed by atoms with van der Waals surface area (Å²) in [5, 5.41) is 7.46. The number of hydrogen-bond acceptors (Lipinski definition) is 2. The Hall–Kier alpha value is 0.352. The molecule has 11 heavy (non-hydrogen) atoms. The Morgan fingerprint density at radius 1 is 1.64 bits per heavy atom. The molecule has 0 amide bonds. The number of aromatic nitrogens is 3. The van der Waals surface area contributed by atoms with E-state index in [9.17, 15) is 0 Å². The van der Waals surface area contributed by atoms with Crippen LogP contribution in [0, 0.1) is 45.5 Å². The second-order valence-corrected chi connectivity index (χ2v) is 2.01. The molecule has 1 aromatic rings. The average molecular weight is 398 g/mol. The molecule has 1 aromatic heterocycles. The zero-order valence-electron chi connectivity index (χ0n) is 6.63. The quantitative estimate of drug-likeness (QED) is 0.526. The molecule has 0 spiro atoms. The van der Waals surface area contributed by atoms with Gasteiger partial charge in [-0.1, -0.05) is 10.9 Å². The number of hydrogen-bond donors (Lipinski definition) is 0. The molecule has 0 saturated carbocycles. The number of nitrogens with zero attached hydrogens (tertiary/aromatic N) is 3. The van der Waals surface area contributed by atoms with Crippen LogP contribution in [0.1, 0.15) is 11.4 Å². The van der Waals surface area contributed by atoms with Gasteiger partial charge in [0.05, 0.1) is 0 Å². The van der Waals surface area contributed by atoms with Crippen LogP contribution in [-0.2, 0) is 12.9 Å². The first-order chi connectivity index (χ1) is 4.25. The third kappa shape index (κ3) is 3.06. The van der Waals surface area contributed by atoms with E-state index in [-0.39, 0.29) is 38.5 Å². The molecule has 0 aliphatic carbocycles. The van der Waals surface area contributed by atoms with Crippen molar-refractivity contribution in [2.75, 3.05) is 0 Å². The molecule has 0 aromatic carbocycles. The maximum atomic E-state index is 5.49. The fourth-order valence-electron chi connectivity index (χ4n) is 0.523. The molecule has 0 unspecified atom stereocenters. The van der Waals surface area contributed by atoms with Crippen molar-refractivity contribution < 1.29 is 31.1 Å². The predicted octanol–water partition coefficient (Wildman–Crippen LogP) is 1.19. The third-order valence-corrected chi connectivity index (χ3v) is 1.40. The van der Waals surface area contributed by atoms with Gasteiger partial charge < -0.3 is 7.43 Å². The number of aryl methyl sites for hydroxylation is 1. The van der Waals surface area contributed by atoms with Gasteiger partial charge in [-0.15, -0.1) is 11.6 Å². The van der Waals surface area contributed by atoms with Crippen LogP contribution >= 0.6 is 11.6 Å². The first-order valence-electron chi connectivity index (χ1n) is 2.52. The van der Waals surface area contributed by atoms with Crippen molar-refractivity contribution in [1.29, 1.82) is 0 Å². The van der Waals surface area contributed by atoms with E-state index in [1.165, 1.54) is 0 Å². The van der Waals surface area contributed by atoms with Crippen molar-refractivity contribution in [1.82, 2.24) is 15.0 Å². The van der Waals surface area contributed by atoms with Crippen molar-refractivity contribution in [3.63, 3.8) is 0 Å². The zero-order chi connectivity index (χ0) is 6.85. The van der Waals surface area contributed by atoms with Crippen molar-refractivity contribution in [2.45, 2.75) is 5.88 Å². The fraction of sp³-hybridized carbons (Fsp3) is 0.333. The van der Waals surface area contributed by atoms with Gasteiger partial charge in [0.1, 0.15) is 0 Å². The van der Waals surface area contributed by atoms with Gasteiger partial charge in [-0.2, -0.15) is 0 Å². The molecule has 5 heteroatoms. The smallest absolute Gasteiger partial charge is 0.358 e. The number of alkyl halides is 1. The van der Waals surface area contributed by atoms with Crippen LogP contribution < -0.4 is 0 Å². The summed E-state index contributed by atoms with van der Waals surface area (Å²) in [6.45, 7) is 3.70. The molecule has 0 bridgehead atoms. The molecule has 0 aliphatic heterocycles. The molecule has 1 rings (SSSR count).